The van der Waals surface area contributed by atoms with Crippen LogP contribution >= 0.6 is 0 Å². The summed E-state index contributed by atoms with van der Waals surface area (Å²) in [6.07, 6.45) is 3.25. The molecule has 5 rings (SSSR count). The Labute approximate surface area is 170 Å². The van der Waals surface area contributed by atoms with E-state index in [9.17, 15) is 9.00 Å². The average molecular weight is 411 g/mol. The summed E-state index contributed by atoms with van der Waals surface area (Å²) in [7, 11) is -1.16. The van der Waals surface area contributed by atoms with E-state index in [2.05, 4.69) is 10.3 Å². The highest BCUT2D eigenvalue weighted by Gasteiger charge is 2.39. The van der Waals surface area contributed by atoms with Gasteiger partial charge in [-0.05, 0) is 29.8 Å². The zero-order valence-electron chi connectivity index (χ0n) is 15.7. The van der Waals surface area contributed by atoms with Crippen molar-refractivity contribution in [2.45, 2.75) is 11.4 Å². The molecule has 0 radical (unpaired) electrons. The summed E-state index contributed by atoms with van der Waals surface area (Å²) in [5.74, 6) is 0.985. The van der Waals surface area contributed by atoms with Crippen LogP contribution in [0.5, 0.6) is 0 Å². The zero-order chi connectivity index (χ0) is 19.8. The molecule has 0 bridgehead atoms. The van der Waals surface area contributed by atoms with Crippen molar-refractivity contribution in [3.05, 3.63) is 60.1 Å². The molecule has 3 unspecified atom stereocenters. The Morgan fingerprint density at radius 3 is 2.66 bits per heavy atom. The molecule has 1 aromatic carbocycles. The maximum absolute atomic E-state index is 12.8. The Morgan fingerprint density at radius 1 is 1.17 bits per heavy atom. The quantitative estimate of drug-likeness (QED) is 0.697. The molecule has 4 heterocycles. The third-order valence-electron chi connectivity index (χ3n) is 5.57. The molecule has 2 aliphatic heterocycles. The van der Waals surface area contributed by atoms with Crippen LogP contribution in [0.25, 0.3) is 11.0 Å². The van der Waals surface area contributed by atoms with Crippen LogP contribution < -0.4 is 5.32 Å². The van der Waals surface area contributed by atoms with E-state index in [0.29, 0.717) is 24.0 Å². The number of aromatic nitrogens is 1. The van der Waals surface area contributed by atoms with Crippen molar-refractivity contribution < 1.29 is 18.2 Å². The summed E-state index contributed by atoms with van der Waals surface area (Å²) < 4.78 is 25.9. The molecule has 2 fully saturated rings. The van der Waals surface area contributed by atoms with Crippen molar-refractivity contribution in [2.24, 2.45) is 11.8 Å². The number of benzene rings is 1. The molecule has 150 valence electrons. The number of fused-ring (bicyclic) bond motifs is 2. The average Bonchev–Trinajstić information content (AvgIpc) is 3.46. The van der Waals surface area contributed by atoms with Crippen molar-refractivity contribution in [1.82, 2.24) is 14.6 Å². The summed E-state index contributed by atoms with van der Waals surface area (Å²) >= 11 is 0. The van der Waals surface area contributed by atoms with E-state index in [1.807, 2.05) is 28.6 Å². The highest BCUT2D eigenvalue weighted by molar-refractivity contribution is 7.82. The van der Waals surface area contributed by atoms with Gasteiger partial charge in [-0.3, -0.25) is 9.78 Å². The maximum atomic E-state index is 12.8. The van der Waals surface area contributed by atoms with E-state index in [-0.39, 0.29) is 11.7 Å². The van der Waals surface area contributed by atoms with Gasteiger partial charge in [0.05, 0.1) is 24.3 Å². The van der Waals surface area contributed by atoms with Gasteiger partial charge in [0.15, 0.2) is 11.3 Å². The van der Waals surface area contributed by atoms with E-state index in [1.165, 1.54) is 0 Å². The molecule has 29 heavy (non-hydrogen) atoms. The molecular formula is C21H21N3O4S. The predicted octanol–water partition coefficient (Wildman–Crippen LogP) is 2.36. The first-order valence-corrected chi connectivity index (χ1v) is 10.7. The molecule has 2 saturated heterocycles. The maximum Gasteiger partial charge on any atom is 0.287 e. The molecule has 2 aromatic heterocycles. The largest absolute Gasteiger partial charge is 0.449 e. The van der Waals surface area contributed by atoms with Gasteiger partial charge in [-0.25, -0.2) is 8.51 Å². The highest BCUT2D eigenvalue weighted by Crippen LogP contribution is 2.31. The van der Waals surface area contributed by atoms with Gasteiger partial charge in [0.2, 0.25) is 0 Å². The Bertz CT molecular complexity index is 1020. The Kier molecular flexibility index (Phi) is 4.91. The van der Waals surface area contributed by atoms with E-state index in [0.717, 1.165) is 42.1 Å². The van der Waals surface area contributed by atoms with Gasteiger partial charge in [-0.2, -0.15) is 0 Å². The second-order valence-electron chi connectivity index (χ2n) is 7.50. The van der Waals surface area contributed by atoms with E-state index < -0.39 is 11.0 Å². The first-order chi connectivity index (χ1) is 14.2. The Hall–Kier alpha value is -2.55. The molecule has 0 spiro atoms. The van der Waals surface area contributed by atoms with Crippen molar-refractivity contribution >= 4 is 27.9 Å². The minimum atomic E-state index is -1.16. The van der Waals surface area contributed by atoms with Crippen LogP contribution in [-0.2, 0) is 22.3 Å². The number of amides is 1. The van der Waals surface area contributed by atoms with Crippen LogP contribution in [0.15, 0.2) is 58.1 Å². The highest BCUT2D eigenvalue weighted by atomic mass is 32.2. The molecule has 3 aromatic rings. The fraction of sp³-hybridized carbons (Fsp3) is 0.333. The smallest absolute Gasteiger partial charge is 0.287 e. The molecular weight excluding hydrogens is 390 g/mol. The monoisotopic (exact) mass is 411 g/mol. The van der Waals surface area contributed by atoms with Crippen LogP contribution in [0.3, 0.4) is 0 Å². The third-order valence-corrected chi connectivity index (χ3v) is 7.01. The summed E-state index contributed by atoms with van der Waals surface area (Å²) in [6.45, 7) is 3.56. The summed E-state index contributed by atoms with van der Waals surface area (Å²) in [6, 6.07) is 11.0. The van der Waals surface area contributed by atoms with Crippen molar-refractivity contribution in [3.8, 4) is 0 Å². The van der Waals surface area contributed by atoms with Crippen LogP contribution in [-0.4, -0.2) is 45.7 Å². The van der Waals surface area contributed by atoms with Gasteiger partial charge in [0.1, 0.15) is 11.0 Å². The minimum absolute atomic E-state index is 0.259. The number of carbonyl (C=O) groups excluding carboxylic acids is 1. The Balaban J connectivity index is 1.19. The van der Waals surface area contributed by atoms with Gasteiger partial charge < -0.3 is 14.5 Å². The normalized spacial score (nSPS) is 22.6. The summed E-state index contributed by atoms with van der Waals surface area (Å²) in [4.78, 5) is 17.1. The molecule has 2 aliphatic rings. The number of carbonyl (C=O) groups is 1. The molecule has 1 N–H and O–H groups in total. The second kappa shape index (κ2) is 7.70. The zero-order valence-corrected chi connectivity index (χ0v) is 16.6. The second-order valence-corrected chi connectivity index (χ2v) is 8.99. The molecule has 0 saturated carbocycles. The van der Waals surface area contributed by atoms with E-state index in [4.69, 9.17) is 9.15 Å². The topological polar surface area (TPSA) is 84.7 Å². The molecule has 0 aliphatic carbocycles. The van der Waals surface area contributed by atoms with Gasteiger partial charge in [-0.1, -0.05) is 12.1 Å². The lowest BCUT2D eigenvalue weighted by molar-refractivity contribution is 0.0925. The standard InChI is InChI=1S/C21H21N3O4S/c25-21(19-7-15-5-6-22-9-20(15)28-19)23-8-14-1-3-18(4-2-14)29(26)24-10-16-12-27-13-17(16)11-24/h1-7,9,16-17H,8,10-13H2,(H,23,25). The fourth-order valence-electron chi connectivity index (χ4n) is 3.92. The van der Waals surface area contributed by atoms with E-state index >= 15 is 0 Å². The number of hydrogen-bond acceptors (Lipinski definition) is 5. The Morgan fingerprint density at radius 2 is 1.93 bits per heavy atom. The lowest BCUT2D eigenvalue weighted by Gasteiger charge is -2.16. The fourth-order valence-corrected chi connectivity index (χ4v) is 5.24. The first-order valence-electron chi connectivity index (χ1n) is 9.62. The summed E-state index contributed by atoms with van der Waals surface area (Å²) in [5, 5.41) is 3.70. The number of rotatable bonds is 5. The van der Waals surface area contributed by atoms with Crippen molar-refractivity contribution in [2.75, 3.05) is 26.3 Å². The first kappa shape index (κ1) is 18.5. The van der Waals surface area contributed by atoms with Gasteiger partial charge >= 0.3 is 0 Å². The SMILES string of the molecule is O=C(NCc1ccc(S(=O)N2CC3COCC3C2)cc1)c1cc2ccncc2o1. The molecule has 8 heteroatoms. The third kappa shape index (κ3) is 3.71. The number of nitrogens with one attached hydrogen (secondary N) is 1. The lowest BCUT2D eigenvalue weighted by atomic mass is 10.0. The number of ether oxygens (including phenoxy) is 1. The van der Waals surface area contributed by atoms with Crippen molar-refractivity contribution in [1.29, 1.82) is 0 Å². The number of nitrogens with zero attached hydrogens (tertiary/aromatic N) is 2. The van der Waals surface area contributed by atoms with Crippen LogP contribution in [0.2, 0.25) is 0 Å². The van der Waals surface area contributed by atoms with Crippen molar-refractivity contribution in [3.63, 3.8) is 0 Å². The van der Waals surface area contributed by atoms with Crippen LogP contribution in [0.1, 0.15) is 16.1 Å². The van der Waals surface area contributed by atoms with Gasteiger partial charge in [0, 0.05) is 43.1 Å². The summed E-state index contributed by atoms with van der Waals surface area (Å²) in [5.41, 5.74) is 1.52. The van der Waals surface area contributed by atoms with Crippen LogP contribution in [0, 0.1) is 11.8 Å². The van der Waals surface area contributed by atoms with E-state index in [1.54, 1.807) is 24.5 Å². The van der Waals surface area contributed by atoms with Crippen LogP contribution in [0.4, 0.5) is 0 Å². The molecule has 1 amide bonds. The lowest BCUT2D eigenvalue weighted by Crippen LogP contribution is -2.25. The molecule has 7 nitrogen and oxygen atoms in total. The predicted molar refractivity (Wildman–Crippen MR) is 107 cm³/mol. The van der Waals surface area contributed by atoms with Gasteiger partial charge in [0.25, 0.3) is 5.91 Å². The molecule has 3 atom stereocenters. The number of hydrogen-bond donors (Lipinski definition) is 1. The minimum Gasteiger partial charge on any atom is -0.449 e. The number of pyridine rings is 1. The van der Waals surface area contributed by atoms with Gasteiger partial charge in [-0.15, -0.1) is 0 Å². The number of furan rings is 1.